The van der Waals surface area contributed by atoms with Crippen molar-refractivity contribution in [3.05, 3.63) is 63.2 Å². The van der Waals surface area contributed by atoms with E-state index in [-0.39, 0.29) is 16.3 Å². The number of sulfonamides is 1. The number of rotatable bonds is 5. The molecule has 0 radical (unpaired) electrons. The van der Waals surface area contributed by atoms with E-state index in [1.54, 1.807) is 32.0 Å². The first-order valence-electron chi connectivity index (χ1n) is 7.12. The second-order valence-electron chi connectivity index (χ2n) is 5.33. The molecule has 0 amide bonds. The molecule has 2 aromatic rings. The quantitative estimate of drug-likeness (QED) is 0.668. The van der Waals surface area contributed by atoms with E-state index in [9.17, 15) is 18.5 Å². The average molecular weight is 334 g/mol. The normalized spacial score (nSPS) is 11.3. The molecule has 23 heavy (non-hydrogen) atoms. The van der Waals surface area contributed by atoms with Crippen LogP contribution in [0.3, 0.4) is 0 Å². The minimum absolute atomic E-state index is 0.0892. The molecule has 6 nitrogen and oxygen atoms in total. The molecule has 0 aliphatic rings. The number of aryl methyl sites for hydroxylation is 3. The Bertz CT molecular complexity index is 860. The Hall–Kier alpha value is -2.41. The van der Waals surface area contributed by atoms with Crippen LogP contribution in [0.4, 0.5) is 11.4 Å². The predicted octanol–water partition coefficient (Wildman–Crippen LogP) is 3.57. The number of hydrogen-bond acceptors (Lipinski definition) is 4. The number of benzene rings is 2. The van der Waals surface area contributed by atoms with Crippen molar-refractivity contribution in [3.8, 4) is 0 Å². The summed E-state index contributed by atoms with van der Waals surface area (Å²) in [5.74, 6) is 0. The molecule has 0 saturated carbocycles. The van der Waals surface area contributed by atoms with Gasteiger partial charge in [-0.1, -0.05) is 25.1 Å². The Kier molecular flexibility index (Phi) is 4.70. The number of nitrogens with one attached hydrogen (secondary N) is 1. The summed E-state index contributed by atoms with van der Waals surface area (Å²) in [5.41, 5.74) is 2.08. The van der Waals surface area contributed by atoms with Crippen LogP contribution in [0.2, 0.25) is 0 Å². The average Bonchev–Trinajstić information content (AvgIpc) is 2.49. The molecule has 0 spiro atoms. The zero-order valence-electron chi connectivity index (χ0n) is 13.2. The van der Waals surface area contributed by atoms with Gasteiger partial charge in [0.15, 0.2) is 0 Å². The lowest BCUT2D eigenvalue weighted by molar-refractivity contribution is -0.385. The van der Waals surface area contributed by atoms with Gasteiger partial charge in [0.05, 0.1) is 15.5 Å². The molecular weight excluding hydrogens is 316 g/mol. The lowest BCUT2D eigenvalue weighted by atomic mass is 10.1. The first-order chi connectivity index (χ1) is 10.7. The second-order valence-corrected chi connectivity index (χ2v) is 6.98. The van der Waals surface area contributed by atoms with Gasteiger partial charge in [-0.05, 0) is 43.5 Å². The summed E-state index contributed by atoms with van der Waals surface area (Å²) in [6.07, 6.45) is 0.500. The maximum Gasteiger partial charge on any atom is 0.274 e. The van der Waals surface area contributed by atoms with Crippen LogP contribution in [0, 0.1) is 24.0 Å². The molecule has 7 heteroatoms. The summed E-state index contributed by atoms with van der Waals surface area (Å²) >= 11 is 0. The highest BCUT2D eigenvalue weighted by Gasteiger charge is 2.19. The van der Waals surface area contributed by atoms with Gasteiger partial charge in [0.1, 0.15) is 0 Å². The van der Waals surface area contributed by atoms with Crippen molar-refractivity contribution in [2.24, 2.45) is 0 Å². The van der Waals surface area contributed by atoms with Crippen molar-refractivity contribution in [1.82, 2.24) is 0 Å². The van der Waals surface area contributed by atoms with E-state index >= 15 is 0 Å². The van der Waals surface area contributed by atoms with Crippen LogP contribution in [0.5, 0.6) is 0 Å². The molecule has 2 rings (SSSR count). The Labute approximate surface area is 135 Å². The molecule has 0 aliphatic heterocycles. The summed E-state index contributed by atoms with van der Waals surface area (Å²) < 4.78 is 27.5. The fourth-order valence-electron chi connectivity index (χ4n) is 2.30. The molecule has 122 valence electrons. The van der Waals surface area contributed by atoms with Gasteiger partial charge in [-0.3, -0.25) is 14.8 Å². The minimum Gasteiger partial charge on any atom is -0.279 e. The van der Waals surface area contributed by atoms with Gasteiger partial charge < -0.3 is 0 Å². The molecule has 0 bridgehead atoms. The van der Waals surface area contributed by atoms with E-state index < -0.39 is 14.9 Å². The zero-order chi connectivity index (χ0) is 17.2. The van der Waals surface area contributed by atoms with Crippen LogP contribution in [0.1, 0.15) is 23.6 Å². The van der Waals surface area contributed by atoms with Gasteiger partial charge in [-0.25, -0.2) is 8.42 Å². The highest BCUT2D eigenvalue weighted by molar-refractivity contribution is 7.92. The van der Waals surface area contributed by atoms with Crippen LogP contribution >= 0.6 is 0 Å². The van der Waals surface area contributed by atoms with Gasteiger partial charge in [0, 0.05) is 11.6 Å². The summed E-state index contributed by atoms with van der Waals surface area (Å²) in [5, 5.41) is 11.1. The van der Waals surface area contributed by atoms with Crippen molar-refractivity contribution < 1.29 is 13.3 Å². The molecule has 0 aromatic heterocycles. The molecular formula is C16H18N2O4S. The van der Waals surface area contributed by atoms with Gasteiger partial charge in [0.25, 0.3) is 15.7 Å². The van der Waals surface area contributed by atoms with Crippen LogP contribution in [0.15, 0.2) is 41.3 Å². The monoisotopic (exact) mass is 334 g/mol. The molecule has 1 N–H and O–H groups in total. The molecule has 0 heterocycles. The number of nitro benzene ring substituents is 1. The SMILES string of the molecule is CCc1ccc(NS(=O)(=O)c2cc(C)ccc2C)cc1[N+](=O)[O-]. The lowest BCUT2D eigenvalue weighted by Crippen LogP contribution is -2.14. The third-order valence-corrected chi connectivity index (χ3v) is 5.07. The zero-order valence-corrected chi connectivity index (χ0v) is 14.0. The van der Waals surface area contributed by atoms with Crippen LogP contribution < -0.4 is 4.72 Å². The van der Waals surface area contributed by atoms with Gasteiger partial charge >= 0.3 is 0 Å². The van der Waals surface area contributed by atoms with Crippen molar-refractivity contribution in [2.75, 3.05) is 4.72 Å². The lowest BCUT2D eigenvalue weighted by Gasteiger charge is -2.11. The number of hydrogen-bond donors (Lipinski definition) is 1. The van der Waals surface area contributed by atoms with Crippen molar-refractivity contribution >= 4 is 21.4 Å². The maximum absolute atomic E-state index is 12.5. The van der Waals surface area contributed by atoms with E-state index in [0.717, 1.165) is 5.56 Å². The van der Waals surface area contributed by atoms with Crippen molar-refractivity contribution in [2.45, 2.75) is 32.1 Å². The number of nitrogens with zero attached hydrogens (tertiary/aromatic N) is 1. The Morgan fingerprint density at radius 1 is 1.13 bits per heavy atom. The standard InChI is InChI=1S/C16H18N2O4S/c1-4-13-7-8-14(10-15(13)18(19)20)17-23(21,22)16-9-11(2)5-6-12(16)3/h5-10,17H,4H2,1-3H3. The molecule has 2 aromatic carbocycles. The molecule has 0 saturated heterocycles. The van der Waals surface area contributed by atoms with Crippen LogP contribution in [-0.4, -0.2) is 13.3 Å². The predicted molar refractivity (Wildman–Crippen MR) is 89.2 cm³/mol. The van der Waals surface area contributed by atoms with E-state index in [4.69, 9.17) is 0 Å². The third-order valence-electron chi connectivity index (χ3n) is 3.55. The Balaban J connectivity index is 2.43. The fraction of sp³-hybridized carbons (Fsp3) is 0.250. The highest BCUT2D eigenvalue weighted by Crippen LogP contribution is 2.26. The van der Waals surface area contributed by atoms with Crippen LogP contribution in [-0.2, 0) is 16.4 Å². The molecule has 0 unspecified atom stereocenters. The molecule has 0 atom stereocenters. The second kappa shape index (κ2) is 6.37. The summed E-state index contributed by atoms with van der Waals surface area (Å²) in [4.78, 5) is 10.8. The van der Waals surface area contributed by atoms with Crippen molar-refractivity contribution in [3.63, 3.8) is 0 Å². The van der Waals surface area contributed by atoms with E-state index in [2.05, 4.69) is 4.72 Å². The highest BCUT2D eigenvalue weighted by atomic mass is 32.2. The third kappa shape index (κ3) is 3.68. The van der Waals surface area contributed by atoms with E-state index in [1.807, 2.05) is 13.0 Å². The summed E-state index contributed by atoms with van der Waals surface area (Å²) in [6, 6.07) is 9.49. The molecule has 0 fully saturated rings. The maximum atomic E-state index is 12.5. The summed E-state index contributed by atoms with van der Waals surface area (Å²) in [7, 11) is -3.80. The van der Waals surface area contributed by atoms with Crippen molar-refractivity contribution in [1.29, 1.82) is 0 Å². The van der Waals surface area contributed by atoms with Gasteiger partial charge in [-0.2, -0.15) is 0 Å². The number of nitro groups is 1. The topological polar surface area (TPSA) is 89.3 Å². The number of anilines is 1. The van der Waals surface area contributed by atoms with Gasteiger partial charge in [-0.15, -0.1) is 0 Å². The van der Waals surface area contributed by atoms with Crippen LogP contribution in [0.25, 0.3) is 0 Å². The fourth-order valence-corrected chi connectivity index (χ4v) is 3.68. The minimum atomic E-state index is -3.80. The molecule has 0 aliphatic carbocycles. The summed E-state index contributed by atoms with van der Waals surface area (Å²) in [6.45, 7) is 5.32. The van der Waals surface area contributed by atoms with E-state index in [0.29, 0.717) is 17.5 Å². The van der Waals surface area contributed by atoms with Gasteiger partial charge in [0.2, 0.25) is 0 Å². The smallest absolute Gasteiger partial charge is 0.274 e. The van der Waals surface area contributed by atoms with E-state index in [1.165, 1.54) is 12.1 Å². The first-order valence-corrected chi connectivity index (χ1v) is 8.60. The largest absolute Gasteiger partial charge is 0.279 e. The Morgan fingerprint density at radius 3 is 2.43 bits per heavy atom. The Morgan fingerprint density at radius 2 is 1.83 bits per heavy atom. The first kappa shape index (κ1) is 17.0.